The zero-order valence-electron chi connectivity index (χ0n) is 19.9. The minimum atomic E-state index is -0.112. The smallest absolute Gasteiger partial charge is 0.254 e. The first kappa shape index (κ1) is 23.4. The first-order chi connectivity index (χ1) is 16.5. The van der Waals surface area contributed by atoms with Crippen LogP contribution in [0, 0.1) is 6.92 Å². The zero-order chi connectivity index (χ0) is 24.1. The molecule has 1 aliphatic heterocycles. The molecule has 0 radical (unpaired) electrons. The van der Waals surface area contributed by atoms with E-state index in [1.165, 1.54) is 0 Å². The molecule has 34 heavy (non-hydrogen) atoms. The number of aryl methyl sites for hydroxylation is 1. The zero-order valence-corrected chi connectivity index (χ0v) is 19.9. The third-order valence-electron chi connectivity index (χ3n) is 6.37. The van der Waals surface area contributed by atoms with Crippen LogP contribution in [-0.4, -0.2) is 60.3 Å². The van der Waals surface area contributed by atoms with Gasteiger partial charge in [0.2, 0.25) is 0 Å². The first-order valence-corrected chi connectivity index (χ1v) is 11.5. The van der Waals surface area contributed by atoms with E-state index in [4.69, 9.17) is 0 Å². The molecule has 2 heterocycles. The van der Waals surface area contributed by atoms with E-state index in [2.05, 4.69) is 27.6 Å². The number of hydrogen-bond donors (Lipinski definition) is 2. The minimum absolute atomic E-state index is 0.0152. The van der Waals surface area contributed by atoms with Crippen molar-refractivity contribution in [3.8, 4) is 0 Å². The third kappa shape index (κ3) is 5.26. The van der Waals surface area contributed by atoms with Gasteiger partial charge in [0.1, 0.15) is 0 Å². The number of aromatic nitrogens is 1. The average molecular weight is 458 g/mol. The van der Waals surface area contributed by atoms with Crippen molar-refractivity contribution in [2.75, 3.05) is 39.0 Å². The number of carbonyl (C=O) groups excluding carboxylic acids is 2. The maximum Gasteiger partial charge on any atom is 0.254 e. The van der Waals surface area contributed by atoms with Gasteiger partial charge >= 0.3 is 0 Å². The fourth-order valence-corrected chi connectivity index (χ4v) is 4.27. The van der Waals surface area contributed by atoms with Gasteiger partial charge in [0, 0.05) is 49.7 Å². The lowest BCUT2D eigenvalue weighted by molar-refractivity contribution is 0.0545. The van der Waals surface area contributed by atoms with Gasteiger partial charge in [-0.15, -0.1) is 0 Å². The molecule has 0 saturated carbocycles. The molecule has 1 aromatic heterocycles. The van der Waals surface area contributed by atoms with E-state index in [1.54, 1.807) is 19.3 Å². The fourth-order valence-electron chi connectivity index (χ4n) is 4.27. The number of carbonyl (C=O) groups is 2. The van der Waals surface area contributed by atoms with Gasteiger partial charge in [-0.2, -0.15) is 0 Å². The van der Waals surface area contributed by atoms with Crippen molar-refractivity contribution in [1.29, 1.82) is 0 Å². The molecular formula is C27H31N5O2. The van der Waals surface area contributed by atoms with Crippen LogP contribution in [0.1, 0.15) is 43.6 Å². The molecule has 176 valence electrons. The predicted octanol–water partition coefficient (Wildman–Crippen LogP) is 3.49. The second kappa shape index (κ2) is 10.5. The Morgan fingerprint density at radius 2 is 1.88 bits per heavy atom. The van der Waals surface area contributed by atoms with Gasteiger partial charge in [0.25, 0.3) is 11.8 Å². The van der Waals surface area contributed by atoms with E-state index >= 15 is 0 Å². The number of hydrogen-bond acceptors (Lipinski definition) is 5. The largest absolute Gasteiger partial charge is 0.379 e. The minimum Gasteiger partial charge on any atom is -0.379 e. The van der Waals surface area contributed by atoms with Crippen LogP contribution >= 0.6 is 0 Å². The molecule has 1 saturated heterocycles. The summed E-state index contributed by atoms with van der Waals surface area (Å²) >= 11 is 0. The number of nitrogens with one attached hydrogen (secondary N) is 2. The third-order valence-corrected chi connectivity index (χ3v) is 6.37. The summed E-state index contributed by atoms with van der Waals surface area (Å²) in [6.07, 6.45) is 1.78. The number of piperazine rings is 1. The van der Waals surface area contributed by atoms with Crippen LogP contribution < -0.4 is 10.6 Å². The molecule has 7 nitrogen and oxygen atoms in total. The van der Waals surface area contributed by atoms with Crippen molar-refractivity contribution in [3.05, 3.63) is 94.8 Å². The van der Waals surface area contributed by atoms with Crippen molar-refractivity contribution < 1.29 is 9.59 Å². The highest BCUT2D eigenvalue weighted by Gasteiger charge is 2.29. The van der Waals surface area contributed by atoms with Gasteiger partial charge in [-0.1, -0.05) is 24.3 Å². The quantitative estimate of drug-likeness (QED) is 0.593. The summed E-state index contributed by atoms with van der Waals surface area (Å²) in [4.78, 5) is 34.0. The molecule has 0 unspecified atom stereocenters. The highest BCUT2D eigenvalue weighted by atomic mass is 16.2. The van der Waals surface area contributed by atoms with Crippen LogP contribution in [0.5, 0.6) is 0 Å². The Morgan fingerprint density at radius 3 is 2.65 bits per heavy atom. The van der Waals surface area contributed by atoms with Crippen LogP contribution in [0.25, 0.3) is 0 Å². The monoisotopic (exact) mass is 457 g/mol. The SMILES string of the molecule is CNC(=O)c1cccc([C@@H]2CN(C(=O)c3ccc(C)c(NCc4ccccn4)c3)CCN2C)c1. The van der Waals surface area contributed by atoms with Crippen LogP contribution in [0.4, 0.5) is 5.69 Å². The van der Waals surface area contributed by atoms with Gasteiger partial charge in [0.15, 0.2) is 0 Å². The standard InChI is InChI=1S/C27H31N5O2/c1-19-10-11-22(16-24(19)30-17-23-9-4-5-12-29-23)27(34)32-14-13-31(3)25(18-32)20-7-6-8-21(15-20)26(33)28-2/h4-12,15-16,25,30H,13-14,17-18H2,1-3H3,(H,28,33)/t25-/m0/s1. The Kier molecular flexibility index (Phi) is 7.23. The highest BCUT2D eigenvalue weighted by molar-refractivity contribution is 5.96. The fraction of sp³-hybridized carbons (Fsp3) is 0.296. The Balaban J connectivity index is 1.50. The van der Waals surface area contributed by atoms with Gasteiger partial charge in [-0.3, -0.25) is 19.5 Å². The maximum absolute atomic E-state index is 13.4. The maximum atomic E-state index is 13.4. The molecule has 0 aliphatic carbocycles. The van der Waals surface area contributed by atoms with Gasteiger partial charge in [-0.25, -0.2) is 0 Å². The molecule has 2 aromatic carbocycles. The van der Waals surface area contributed by atoms with E-state index in [0.29, 0.717) is 30.8 Å². The van der Waals surface area contributed by atoms with E-state index in [-0.39, 0.29) is 17.9 Å². The number of benzene rings is 2. The number of rotatable bonds is 6. The van der Waals surface area contributed by atoms with Crippen molar-refractivity contribution in [2.45, 2.75) is 19.5 Å². The number of nitrogens with zero attached hydrogens (tertiary/aromatic N) is 3. The summed E-state index contributed by atoms with van der Waals surface area (Å²) in [6.45, 7) is 4.61. The number of likely N-dealkylation sites (N-methyl/N-ethyl adjacent to an activating group) is 1. The first-order valence-electron chi connectivity index (χ1n) is 11.5. The van der Waals surface area contributed by atoms with Crippen LogP contribution in [0.2, 0.25) is 0 Å². The van der Waals surface area contributed by atoms with Crippen LogP contribution in [-0.2, 0) is 6.54 Å². The Hall–Kier alpha value is -3.71. The van der Waals surface area contributed by atoms with Gasteiger partial charge in [-0.05, 0) is 61.5 Å². The van der Waals surface area contributed by atoms with E-state index in [0.717, 1.165) is 29.1 Å². The number of anilines is 1. The van der Waals surface area contributed by atoms with Gasteiger partial charge in [0.05, 0.1) is 18.3 Å². The van der Waals surface area contributed by atoms with Crippen molar-refractivity contribution in [1.82, 2.24) is 20.1 Å². The van der Waals surface area contributed by atoms with E-state index < -0.39 is 0 Å². The molecule has 3 aromatic rings. The summed E-state index contributed by atoms with van der Waals surface area (Å²) in [5.74, 6) is -0.0972. The Labute approximate surface area is 200 Å². The second-order valence-corrected chi connectivity index (χ2v) is 8.66. The normalized spacial score (nSPS) is 16.2. The van der Waals surface area contributed by atoms with Crippen LogP contribution in [0.15, 0.2) is 66.9 Å². The average Bonchev–Trinajstić information content (AvgIpc) is 2.88. The number of pyridine rings is 1. The lowest BCUT2D eigenvalue weighted by atomic mass is 9.99. The number of amides is 2. The molecule has 4 rings (SSSR count). The molecule has 2 N–H and O–H groups in total. The molecule has 1 fully saturated rings. The summed E-state index contributed by atoms with van der Waals surface area (Å²) in [5, 5.41) is 6.09. The highest BCUT2D eigenvalue weighted by Crippen LogP contribution is 2.27. The Bertz CT molecular complexity index is 1160. The van der Waals surface area contributed by atoms with E-state index in [9.17, 15) is 9.59 Å². The summed E-state index contributed by atoms with van der Waals surface area (Å²) in [6, 6.07) is 19.3. The van der Waals surface area contributed by atoms with Crippen molar-refractivity contribution >= 4 is 17.5 Å². The lowest BCUT2D eigenvalue weighted by Gasteiger charge is -2.40. The molecule has 7 heteroatoms. The summed E-state index contributed by atoms with van der Waals surface area (Å²) < 4.78 is 0. The summed E-state index contributed by atoms with van der Waals surface area (Å²) in [7, 11) is 3.69. The Morgan fingerprint density at radius 1 is 1.03 bits per heavy atom. The molecule has 2 amide bonds. The molecule has 0 bridgehead atoms. The lowest BCUT2D eigenvalue weighted by Crippen LogP contribution is -2.49. The van der Waals surface area contributed by atoms with Crippen LogP contribution in [0.3, 0.4) is 0 Å². The molecule has 0 spiro atoms. The molecule has 1 atom stereocenters. The molecular weight excluding hydrogens is 426 g/mol. The topological polar surface area (TPSA) is 77.6 Å². The van der Waals surface area contributed by atoms with Gasteiger partial charge < -0.3 is 15.5 Å². The predicted molar refractivity (Wildman–Crippen MR) is 134 cm³/mol. The molecule has 1 aliphatic rings. The van der Waals surface area contributed by atoms with Crippen molar-refractivity contribution in [3.63, 3.8) is 0 Å². The van der Waals surface area contributed by atoms with Crippen molar-refractivity contribution in [2.24, 2.45) is 0 Å². The summed E-state index contributed by atoms with van der Waals surface area (Å²) in [5.41, 5.74) is 5.27. The van der Waals surface area contributed by atoms with E-state index in [1.807, 2.05) is 66.4 Å². The second-order valence-electron chi connectivity index (χ2n) is 8.66.